The van der Waals surface area contributed by atoms with E-state index in [1.54, 1.807) is 0 Å². The van der Waals surface area contributed by atoms with Gasteiger partial charge in [-0.2, -0.15) is 0 Å². The summed E-state index contributed by atoms with van der Waals surface area (Å²) in [7, 11) is 0. The largest absolute Gasteiger partial charge is 0.367 e. The van der Waals surface area contributed by atoms with Gasteiger partial charge in [0.05, 0.1) is 0 Å². The number of hydrogen-bond donors (Lipinski definition) is 1. The van der Waals surface area contributed by atoms with Gasteiger partial charge in [-0.25, -0.2) is 4.98 Å². The third-order valence-corrected chi connectivity index (χ3v) is 2.87. The van der Waals surface area contributed by atoms with Crippen molar-refractivity contribution < 1.29 is 0 Å². The van der Waals surface area contributed by atoms with Crippen molar-refractivity contribution in [1.82, 2.24) is 4.98 Å². The van der Waals surface area contributed by atoms with Gasteiger partial charge < -0.3 is 5.32 Å². The molecule has 1 heterocycles. The Balaban J connectivity index is 1.90. The van der Waals surface area contributed by atoms with Gasteiger partial charge in [-0.3, -0.25) is 0 Å². The van der Waals surface area contributed by atoms with E-state index in [1.165, 1.54) is 38.5 Å². The van der Waals surface area contributed by atoms with Gasteiger partial charge in [0.15, 0.2) is 0 Å². The average Bonchev–Trinajstić information content (AvgIpc) is 2.48. The molecule has 0 unspecified atom stereocenters. The van der Waals surface area contributed by atoms with Crippen molar-refractivity contribution in [2.75, 3.05) is 5.32 Å². The summed E-state index contributed by atoms with van der Waals surface area (Å²) in [6.45, 7) is 0. The van der Waals surface area contributed by atoms with Crippen LogP contribution in [0.3, 0.4) is 0 Å². The highest BCUT2D eigenvalue weighted by Crippen LogP contribution is 2.19. The van der Waals surface area contributed by atoms with Crippen LogP contribution in [0.15, 0.2) is 24.4 Å². The minimum Gasteiger partial charge on any atom is -0.367 e. The number of anilines is 1. The standard InChI is InChI=1S/C12H18N2/c1-2-4-8-11(7-3-1)14-12-9-5-6-10-13-12/h5-6,9-11H,1-4,7-8H2,(H,13,14). The van der Waals surface area contributed by atoms with Crippen LogP contribution in [0.1, 0.15) is 38.5 Å². The Morgan fingerprint density at radius 3 is 2.50 bits per heavy atom. The van der Waals surface area contributed by atoms with Crippen LogP contribution in [0.2, 0.25) is 0 Å². The maximum Gasteiger partial charge on any atom is 0.126 e. The van der Waals surface area contributed by atoms with Crippen molar-refractivity contribution in [1.29, 1.82) is 0 Å². The Kier molecular flexibility index (Phi) is 3.39. The van der Waals surface area contributed by atoms with Crippen LogP contribution >= 0.6 is 0 Å². The second-order valence-electron chi connectivity index (χ2n) is 4.05. The molecule has 1 saturated carbocycles. The lowest BCUT2D eigenvalue weighted by molar-refractivity contribution is 0.618. The molecular formula is C12H18N2. The minimum atomic E-state index is 0.646. The first-order chi connectivity index (χ1) is 6.95. The van der Waals surface area contributed by atoms with Crippen LogP contribution in [0.4, 0.5) is 5.82 Å². The molecule has 2 heteroatoms. The summed E-state index contributed by atoms with van der Waals surface area (Å²) in [6.07, 6.45) is 9.99. The summed E-state index contributed by atoms with van der Waals surface area (Å²) in [5.74, 6) is 1.03. The molecule has 0 saturated heterocycles. The average molecular weight is 190 g/mol. The van der Waals surface area contributed by atoms with Gasteiger partial charge in [-0.1, -0.05) is 31.7 Å². The smallest absolute Gasteiger partial charge is 0.126 e. The van der Waals surface area contributed by atoms with Crippen LogP contribution in [0.25, 0.3) is 0 Å². The van der Waals surface area contributed by atoms with E-state index in [1.807, 2.05) is 24.4 Å². The molecule has 0 atom stereocenters. The first kappa shape index (κ1) is 9.50. The quantitative estimate of drug-likeness (QED) is 0.724. The van der Waals surface area contributed by atoms with E-state index >= 15 is 0 Å². The molecule has 1 aliphatic rings. The highest BCUT2D eigenvalue weighted by atomic mass is 15.0. The lowest BCUT2D eigenvalue weighted by atomic mass is 10.1. The second-order valence-corrected chi connectivity index (χ2v) is 4.05. The van der Waals surface area contributed by atoms with Crippen LogP contribution in [0, 0.1) is 0 Å². The highest BCUT2D eigenvalue weighted by Gasteiger charge is 2.11. The normalized spacial score (nSPS) is 18.9. The number of nitrogens with one attached hydrogen (secondary N) is 1. The Morgan fingerprint density at radius 2 is 1.86 bits per heavy atom. The summed E-state index contributed by atoms with van der Waals surface area (Å²) in [5, 5.41) is 3.51. The minimum absolute atomic E-state index is 0.646. The topological polar surface area (TPSA) is 24.9 Å². The zero-order chi connectivity index (χ0) is 9.64. The summed E-state index contributed by atoms with van der Waals surface area (Å²) in [4.78, 5) is 4.29. The summed E-state index contributed by atoms with van der Waals surface area (Å²) in [6, 6.07) is 6.68. The summed E-state index contributed by atoms with van der Waals surface area (Å²) in [5.41, 5.74) is 0. The van der Waals surface area contributed by atoms with E-state index in [2.05, 4.69) is 10.3 Å². The molecule has 2 nitrogen and oxygen atoms in total. The molecule has 0 aromatic carbocycles. The molecule has 1 fully saturated rings. The third-order valence-electron chi connectivity index (χ3n) is 2.87. The Labute approximate surface area is 85.7 Å². The number of rotatable bonds is 2. The molecule has 0 radical (unpaired) electrons. The molecule has 76 valence electrons. The molecule has 0 bridgehead atoms. The Morgan fingerprint density at radius 1 is 1.07 bits per heavy atom. The van der Waals surface area contributed by atoms with Crippen LogP contribution in [-0.2, 0) is 0 Å². The number of pyridine rings is 1. The van der Waals surface area contributed by atoms with E-state index in [9.17, 15) is 0 Å². The van der Waals surface area contributed by atoms with E-state index in [-0.39, 0.29) is 0 Å². The van der Waals surface area contributed by atoms with E-state index in [4.69, 9.17) is 0 Å². The molecule has 1 aliphatic carbocycles. The van der Waals surface area contributed by atoms with E-state index < -0.39 is 0 Å². The van der Waals surface area contributed by atoms with Crippen LogP contribution < -0.4 is 5.32 Å². The molecule has 0 aliphatic heterocycles. The molecular weight excluding hydrogens is 172 g/mol. The van der Waals surface area contributed by atoms with Gasteiger partial charge in [0, 0.05) is 12.2 Å². The SMILES string of the molecule is c1ccc(NC2CCCCCC2)nc1. The van der Waals surface area contributed by atoms with Crippen molar-refractivity contribution in [3.05, 3.63) is 24.4 Å². The van der Waals surface area contributed by atoms with E-state index in [0.717, 1.165) is 5.82 Å². The lowest BCUT2D eigenvalue weighted by Crippen LogP contribution is -2.18. The van der Waals surface area contributed by atoms with Crippen LogP contribution in [0.5, 0.6) is 0 Å². The molecule has 2 rings (SSSR count). The van der Waals surface area contributed by atoms with Gasteiger partial charge >= 0.3 is 0 Å². The molecule has 0 spiro atoms. The molecule has 14 heavy (non-hydrogen) atoms. The highest BCUT2D eigenvalue weighted by molar-refractivity contribution is 5.34. The maximum atomic E-state index is 4.29. The van der Waals surface area contributed by atoms with Crippen molar-refractivity contribution in [2.24, 2.45) is 0 Å². The van der Waals surface area contributed by atoms with Crippen molar-refractivity contribution in [3.8, 4) is 0 Å². The zero-order valence-corrected chi connectivity index (χ0v) is 8.58. The van der Waals surface area contributed by atoms with Crippen molar-refractivity contribution >= 4 is 5.82 Å². The Bertz CT molecular complexity index is 250. The maximum absolute atomic E-state index is 4.29. The first-order valence-corrected chi connectivity index (χ1v) is 5.63. The zero-order valence-electron chi connectivity index (χ0n) is 8.58. The molecule has 1 aromatic heterocycles. The van der Waals surface area contributed by atoms with Gasteiger partial charge in [0.1, 0.15) is 5.82 Å². The van der Waals surface area contributed by atoms with Crippen LogP contribution in [-0.4, -0.2) is 11.0 Å². The molecule has 1 aromatic rings. The summed E-state index contributed by atoms with van der Waals surface area (Å²) < 4.78 is 0. The predicted molar refractivity (Wildman–Crippen MR) is 59.3 cm³/mol. The van der Waals surface area contributed by atoms with Crippen molar-refractivity contribution in [3.63, 3.8) is 0 Å². The number of hydrogen-bond acceptors (Lipinski definition) is 2. The van der Waals surface area contributed by atoms with E-state index in [0.29, 0.717) is 6.04 Å². The second kappa shape index (κ2) is 4.99. The number of aromatic nitrogens is 1. The fraction of sp³-hybridized carbons (Fsp3) is 0.583. The molecule has 1 N–H and O–H groups in total. The van der Waals surface area contributed by atoms with Gasteiger partial charge in [-0.15, -0.1) is 0 Å². The van der Waals surface area contributed by atoms with Gasteiger partial charge in [-0.05, 0) is 25.0 Å². The third kappa shape index (κ3) is 2.72. The Hall–Kier alpha value is -1.05. The van der Waals surface area contributed by atoms with Gasteiger partial charge in [0.2, 0.25) is 0 Å². The monoisotopic (exact) mass is 190 g/mol. The lowest BCUT2D eigenvalue weighted by Gasteiger charge is -2.16. The number of nitrogens with zero attached hydrogens (tertiary/aromatic N) is 1. The van der Waals surface area contributed by atoms with Crippen molar-refractivity contribution in [2.45, 2.75) is 44.6 Å². The fourth-order valence-electron chi connectivity index (χ4n) is 2.08. The fourth-order valence-corrected chi connectivity index (χ4v) is 2.08. The molecule has 0 amide bonds. The predicted octanol–water partition coefficient (Wildman–Crippen LogP) is 3.22. The van der Waals surface area contributed by atoms with Gasteiger partial charge in [0.25, 0.3) is 0 Å². The summed E-state index contributed by atoms with van der Waals surface area (Å²) >= 11 is 0. The first-order valence-electron chi connectivity index (χ1n) is 5.63.